The maximum atomic E-state index is 12.5. The average molecular weight is 327 g/mol. The highest BCUT2D eigenvalue weighted by molar-refractivity contribution is 7.91. The van der Waals surface area contributed by atoms with Gasteiger partial charge >= 0.3 is 0 Å². The van der Waals surface area contributed by atoms with E-state index in [-0.39, 0.29) is 23.5 Å². The lowest BCUT2D eigenvalue weighted by molar-refractivity contribution is 0.0752. The Morgan fingerprint density at radius 1 is 1.52 bits per heavy atom. The van der Waals surface area contributed by atoms with Crippen LogP contribution in [0.4, 0.5) is 0 Å². The molecule has 3 heterocycles. The molecule has 6 nitrogen and oxygen atoms in total. The Labute approximate surface area is 127 Å². The van der Waals surface area contributed by atoms with E-state index in [0.29, 0.717) is 11.3 Å². The second-order valence-corrected chi connectivity index (χ2v) is 8.77. The Kier molecular flexibility index (Phi) is 3.32. The Morgan fingerprint density at radius 3 is 2.81 bits per heavy atom. The summed E-state index contributed by atoms with van der Waals surface area (Å²) < 4.78 is 24.9. The van der Waals surface area contributed by atoms with Crippen molar-refractivity contribution in [1.82, 2.24) is 14.7 Å². The number of hydrogen-bond donors (Lipinski definition) is 0. The lowest BCUT2D eigenvalue weighted by Gasteiger charge is -2.22. The van der Waals surface area contributed by atoms with E-state index in [9.17, 15) is 13.2 Å². The van der Waals surface area contributed by atoms with Gasteiger partial charge in [-0.25, -0.2) is 8.42 Å². The van der Waals surface area contributed by atoms with E-state index < -0.39 is 9.84 Å². The standard InChI is InChI=1S/C13H17N3O3S2/c1-8-10-6-11(20-13(10)16(3)14-8)12(17)15(2)9-4-5-21(18,19)7-9/h6,9H,4-5,7H2,1-3H3. The van der Waals surface area contributed by atoms with Crippen LogP contribution in [0.3, 0.4) is 0 Å². The van der Waals surface area contributed by atoms with Crippen LogP contribution in [0.2, 0.25) is 0 Å². The van der Waals surface area contributed by atoms with Crippen molar-refractivity contribution in [2.75, 3.05) is 18.6 Å². The van der Waals surface area contributed by atoms with E-state index in [0.717, 1.165) is 15.9 Å². The zero-order valence-electron chi connectivity index (χ0n) is 12.2. The number of amides is 1. The molecular weight excluding hydrogens is 310 g/mol. The van der Waals surface area contributed by atoms with Crippen molar-refractivity contribution in [3.63, 3.8) is 0 Å². The van der Waals surface area contributed by atoms with Crippen molar-refractivity contribution in [3.05, 3.63) is 16.6 Å². The highest BCUT2D eigenvalue weighted by atomic mass is 32.2. The van der Waals surface area contributed by atoms with Gasteiger partial charge in [-0.1, -0.05) is 0 Å². The highest BCUT2D eigenvalue weighted by Crippen LogP contribution is 2.29. The third-order valence-electron chi connectivity index (χ3n) is 3.98. The molecule has 0 N–H and O–H groups in total. The first-order chi connectivity index (χ1) is 9.78. The minimum absolute atomic E-state index is 0.0702. The summed E-state index contributed by atoms with van der Waals surface area (Å²) in [6, 6.07) is 1.64. The lowest BCUT2D eigenvalue weighted by Crippen LogP contribution is -2.37. The van der Waals surface area contributed by atoms with Crippen LogP contribution in [0.15, 0.2) is 6.07 Å². The maximum absolute atomic E-state index is 12.5. The van der Waals surface area contributed by atoms with Crippen LogP contribution in [-0.4, -0.2) is 53.6 Å². The molecule has 0 bridgehead atoms. The Morgan fingerprint density at radius 2 is 2.24 bits per heavy atom. The van der Waals surface area contributed by atoms with Gasteiger partial charge in [0.15, 0.2) is 9.84 Å². The molecule has 1 atom stereocenters. The molecular formula is C13H17N3O3S2. The third kappa shape index (κ3) is 2.46. The van der Waals surface area contributed by atoms with Gasteiger partial charge in [0.05, 0.1) is 22.1 Å². The lowest BCUT2D eigenvalue weighted by atomic mass is 10.2. The van der Waals surface area contributed by atoms with Crippen molar-refractivity contribution in [1.29, 1.82) is 0 Å². The summed E-state index contributed by atoms with van der Waals surface area (Å²) >= 11 is 1.40. The van der Waals surface area contributed by atoms with Gasteiger partial charge in [0, 0.05) is 25.5 Å². The molecule has 1 unspecified atom stereocenters. The maximum Gasteiger partial charge on any atom is 0.264 e. The number of hydrogen-bond acceptors (Lipinski definition) is 5. The van der Waals surface area contributed by atoms with Gasteiger partial charge in [0.1, 0.15) is 4.83 Å². The van der Waals surface area contributed by atoms with Gasteiger partial charge in [-0.05, 0) is 19.4 Å². The average Bonchev–Trinajstić information content (AvgIpc) is 3.05. The molecule has 0 saturated carbocycles. The molecule has 0 aromatic carbocycles. The first kappa shape index (κ1) is 14.5. The minimum Gasteiger partial charge on any atom is -0.337 e. The first-order valence-electron chi connectivity index (χ1n) is 6.69. The molecule has 0 spiro atoms. The predicted molar refractivity (Wildman–Crippen MR) is 82.5 cm³/mol. The highest BCUT2D eigenvalue weighted by Gasteiger charge is 2.33. The number of aryl methyl sites for hydroxylation is 2. The molecule has 114 valence electrons. The molecule has 1 fully saturated rings. The van der Waals surface area contributed by atoms with Gasteiger partial charge in [-0.15, -0.1) is 11.3 Å². The van der Waals surface area contributed by atoms with Crippen molar-refractivity contribution < 1.29 is 13.2 Å². The van der Waals surface area contributed by atoms with Crippen molar-refractivity contribution in [2.45, 2.75) is 19.4 Å². The van der Waals surface area contributed by atoms with Crippen LogP contribution in [-0.2, 0) is 16.9 Å². The second-order valence-electron chi connectivity index (χ2n) is 5.51. The zero-order chi connectivity index (χ0) is 15.4. The monoisotopic (exact) mass is 327 g/mol. The summed E-state index contributed by atoms with van der Waals surface area (Å²) in [6.45, 7) is 1.91. The Hall–Kier alpha value is -1.41. The summed E-state index contributed by atoms with van der Waals surface area (Å²) in [6.07, 6.45) is 0.524. The topological polar surface area (TPSA) is 72.3 Å². The van der Waals surface area contributed by atoms with Crippen LogP contribution in [0.1, 0.15) is 21.8 Å². The molecule has 1 aliphatic heterocycles. The van der Waals surface area contributed by atoms with Gasteiger partial charge in [0.25, 0.3) is 5.91 Å². The van der Waals surface area contributed by atoms with Crippen LogP contribution in [0.5, 0.6) is 0 Å². The normalized spacial score (nSPS) is 21.0. The minimum atomic E-state index is -2.99. The zero-order valence-corrected chi connectivity index (χ0v) is 13.8. The van der Waals surface area contributed by atoms with E-state index in [1.54, 1.807) is 16.6 Å². The van der Waals surface area contributed by atoms with Crippen molar-refractivity contribution >= 4 is 37.3 Å². The number of sulfone groups is 1. The van der Waals surface area contributed by atoms with Crippen LogP contribution in [0.25, 0.3) is 10.2 Å². The van der Waals surface area contributed by atoms with Crippen LogP contribution in [0, 0.1) is 6.92 Å². The van der Waals surface area contributed by atoms with E-state index in [2.05, 4.69) is 5.10 Å². The largest absolute Gasteiger partial charge is 0.337 e. The summed E-state index contributed by atoms with van der Waals surface area (Å²) in [5, 5.41) is 5.30. The molecule has 2 aromatic heterocycles. The van der Waals surface area contributed by atoms with Crippen molar-refractivity contribution in [2.24, 2.45) is 7.05 Å². The second kappa shape index (κ2) is 4.81. The van der Waals surface area contributed by atoms with Crippen LogP contribution < -0.4 is 0 Å². The SMILES string of the molecule is Cc1nn(C)c2sc(C(=O)N(C)C3CCS(=O)(=O)C3)cc12. The Bertz CT molecular complexity index is 785. The molecule has 3 rings (SSSR count). The molecule has 2 aromatic rings. The van der Waals surface area contributed by atoms with Crippen LogP contribution >= 0.6 is 11.3 Å². The molecule has 1 amide bonds. The molecule has 0 radical (unpaired) electrons. The molecule has 21 heavy (non-hydrogen) atoms. The van der Waals surface area contributed by atoms with E-state index in [4.69, 9.17) is 0 Å². The fourth-order valence-electron chi connectivity index (χ4n) is 2.73. The Balaban J connectivity index is 1.88. The summed E-state index contributed by atoms with van der Waals surface area (Å²) in [5.41, 5.74) is 0.897. The molecule has 1 aliphatic rings. The van der Waals surface area contributed by atoms with E-state index in [1.165, 1.54) is 11.3 Å². The predicted octanol–water partition coefficient (Wildman–Crippen LogP) is 1.20. The fraction of sp³-hybridized carbons (Fsp3) is 0.538. The molecule has 8 heteroatoms. The number of carbonyl (C=O) groups excluding carboxylic acids is 1. The summed E-state index contributed by atoms with van der Waals surface area (Å²) in [7, 11) is 0.550. The fourth-order valence-corrected chi connectivity index (χ4v) is 5.61. The number of rotatable bonds is 2. The number of nitrogens with zero attached hydrogens (tertiary/aromatic N) is 3. The van der Waals surface area contributed by atoms with Gasteiger partial charge in [-0.2, -0.15) is 5.10 Å². The van der Waals surface area contributed by atoms with E-state index in [1.807, 2.05) is 20.0 Å². The number of carbonyl (C=O) groups is 1. The molecule has 1 saturated heterocycles. The number of thiophene rings is 1. The van der Waals surface area contributed by atoms with Gasteiger partial charge < -0.3 is 4.90 Å². The summed E-state index contributed by atoms with van der Waals surface area (Å²) in [4.78, 5) is 15.7. The molecule has 0 aliphatic carbocycles. The summed E-state index contributed by atoms with van der Waals surface area (Å²) in [5.74, 6) is 0.128. The third-order valence-corrected chi connectivity index (χ3v) is 6.92. The van der Waals surface area contributed by atoms with E-state index >= 15 is 0 Å². The quantitative estimate of drug-likeness (QED) is 0.831. The first-order valence-corrected chi connectivity index (χ1v) is 9.33. The van der Waals surface area contributed by atoms with Gasteiger partial charge in [0.2, 0.25) is 0 Å². The number of fused-ring (bicyclic) bond motifs is 1. The smallest absolute Gasteiger partial charge is 0.264 e. The number of aromatic nitrogens is 2. The van der Waals surface area contributed by atoms with Crippen molar-refractivity contribution in [3.8, 4) is 0 Å². The van der Waals surface area contributed by atoms with Gasteiger partial charge in [-0.3, -0.25) is 9.48 Å².